The molecule has 0 aliphatic carbocycles. The van der Waals surface area contributed by atoms with Gasteiger partial charge in [0.05, 0.1) is 0 Å². The van der Waals surface area contributed by atoms with Crippen molar-refractivity contribution in [3.63, 3.8) is 0 Å². The van der Waals surface area contributed by atoms with Gasteiger partial charge < -0.3 is 10.2 Å². The predicted molar refractivity (Wildman–Crippen MR) is 76.7 cm³/mol. The maximum Gasteiger partial charge on any atom is 0.0414 e. The lowest BCUT2D eigenvalue weighted by atomic mass is 10.0. The molecule has 1 rings (SSSR count). The lowest BCUT2D eigenvalue weighted by Gasteiger charge is -2.28. The Morgan fingerprint density at radius 3 is 2.41 bits per heavy atom. The minimum absolute atomic E-state index is 0.410. The van der Waals surface area contributed by atoms with Crippen LogP contribution in [-0.4, -0.2) is 19.6 Å². The first-order chi connectivity index (χ1) is 8.07. The van der Waals surface area contributed by atoms with Crippen LogP contribution in [0.3, 0.4) is 0 Å². The molecule has 96 valence electrons. The van der Waals surface area contributed by atoms with E-state index in [9.17, 15) is 0 Å². The van der Waals surface area contributed by atoms with Crippen LogP contribution in [0.2, 0.25) is 0 Å². The molecule has 0 saturated heterocycles. The first kappa shape index (κ1) is 14.0. The Labute approximate surface area is 106 Å². The third-order valence-corrected chi connectivity index (χ3v) is 3.26. The van der Waals surface area contributed by atoms with Gasteiger partial charge >= 0.3 is 0 Å². The fourth-order valence-electron chi connectivity index (χ4n) is 1.92. The van der Waals surface area contributed by atoms with E-state index in [1.54, 1.807) is 0 Å². The van der Waals surface area contributed by atoms with Crippen molar-refractivity contribution in [2.24, 2.45) is 0 Å². The number of benzene rings is 1. The molecule has 0 saturated carbocycles. The summed E-state index contributed by atoms with van der Waals surface area (Å²) >= 11 is 0. The summed E-state index contributed by atoms with van der Waals surface area (Å²) in [6, 6.07) is 9.60. The average molecular weight is 234 g/mol. The quantitative estimate of drug-likeness (QED) is 0.809. The Hall–Kier alpha value is -1.02. The van der Waals surface area contributed by atoms with Crippen molar-refractivity contribution in [3.8, 4) is 0 Å². The molecule has 2 heteroatoms. The van der Waals surface area contributed by atoms with E-state index >= 15 is 0 Å². The highest BCUT2D eigenvalue weighted by Gasteiger charge is 2.13. The fraction of sp³-hybridized carbons (Fsp3) is 0.600. The van der Waals surface area contributed by atoms with E-state index in [-0.39, 0.29) is 0 Å². The summed E-state index contributed by atoms with van der Waals surface area (Å²) in [5.41, 5.74) is 2.72. The Bertz CT molecular complexity index is 333. The Balaban J connectivity index is 2.91. The molecule has 0 bridgehead atoms. The number of nitrogens with one attached hydrogen (secondary N) is 1. The Morgan fingerprint density at radius 1 is 1.18 bits per heavy atom. The van der Waals surface area contributed by atoms with Crippen molar-refractivity contribution in [1.82, 2.24) is 5.32 Å². The van der Waals surface area contributed by atoms with Gasteiger partial charge in [0.25, 0.3) is 0 Å². The molecule has 0 amide bonds. The normalized spacial score (nSPS) is 12.8. The molecule has 0 radical (unpaired) electrons. The predicted octanol–water partition coefficient (Wildman–Crippen LogP) is 3.59. The zero-order valence-corrected chi connectivity index (χ0v) is 11.8. The van der Waals surface area contributed by atoms with E-state index < -0.39 is 0 Å². The lowest BCUT2D eigenvalue weighted by molar-refractivity contribution is 0.568. The van der Waals surface area contributed by atoms with Crippen LogP contribution in [0.5, 0.6) is 0 Å². The first-order valence-electron chi connectivity index (χ1n) is 6.63. The topological polar surface area (TPSA) is 15.3 Å². The van der Waals surface area contributed by atoms with Crippen LogP contribution in [0.4, 0.5) is 5.69 Å². The summed E-state index contributed by atoms with van der Waals surface area (Å²) in [6.45, 7) is 9.96. The summed E-state index contributed by atoms with van der Waals surface area (Å²) in [5.74, 6) is 0. The van der Waals surface area contributed by atoms with Crippen LogP contribution in [-0.2, 0) is 0 Å². The highest BCUT2D eigenvalue weighted by Crippen LogP contribution is 2.26. The van der Waals surface area contributed by atoms with Gasteiger partial charge in [0.2, 0.25) is 0 Å². The van der Waals surface area contributed by atoms with Crippen molar-refractivity contribution in [1.29, 1.82) is 0 Å². The molecule has 0 aliphatic heterocycles. The van der Waals surface area contributed by atoms with E-state index in [1.165, 1.54) is 17.7 Å². The van der Waals surface area contributed by atoms with E-state index in [1.807, 2.05) is 0 Å². The van der Waals surface area contributed by atoms with Gasteiger partial charge in [0.1, 0.15) is 0 Å². The van der Waals surface area contributed by atoms with Crippen LogP contribution >= 0.6 is 0 Å². The van der Waals surface area contributed by atoms with Crippen molar-refractivity contribution in [2.45, 2.75) is 46.2 Å². The number of rotatable bonds is 6. The molecule has 0 spiro atoms. The average Bonchev–Trinajstić information content (AvgIpc) is 2.34. The molecule has 1 N–H and O–H groups in total. The summed E-state index contributed by atoms with van der Waals surface area (Å²) in [7, 11) is 2.16. The fourth-order valence-corrected chi connectivity index (χ4v) is 1.92. The molecule has 0 heterocycles. The standard InChI is InChI=1S/C15H26N2/c1-6-11-16-13(4)14-9-7-8-10-15(14)17(5)12(2)3/h7-10,12-13,16H,6,11H2,1-5H3. The molecule has 1 aromatic carbocycles. The van der Waals surface area contributed by atoms with Crippen molar-refractivity contribution < 1.29 is 0 Å². The van der Waals surface area contributed by atoms with Gasteiger partial charge in [0.15, 0.2) is 0 Å². The van der Waals surface area contributed by atoms with Gasteiger partial charge in [-0.05, 0) is 45.4 Å². The maximum absolute atomic E-state index is 3.56. The lowest BCUT2D eigenvalue weighted by Crippen LogP contribution is -2.28. The van der Waals surface area contributed by atoms with Crippen molar-refractivity contribution >= 4 is 5.69 Å². The van der Waals surface area contributed by atoms with Crippen LogP contribution in [0.15, 0.2) is 24.3 Å². The van der Waals surface area contributed by atoms with E-state index in [2.05, 4.69) is 69.2 Å². The van der Waals surface area contributed by atoms with Crippen LogP contribution in [0.25, 0.3) is 0 Å². The number of hydrogen-bond acceptors (Lipinski definition) is 2. The van der Waals surface area contributed by atoms with Gasteiger partial charge in [-0.25, -0.2) is 0 Å². The molecule has 1 aromatic rings. The Morgan fingerprint density at radius 2 is 1.82 bits per heavy atom. The zero-order chi connectivity index (χ0) is 12.8. The Kier molecular flexibility index (Phi) is 5.49. The molecule has 0 aliphatic rings. The van der Waals surface area contributed by atoms with E-state index in [4.69, 9.17) is 0 Å². The highest BCUT2D eigenvalue weighted by atomic mass is 15.1. The summed E-state index contributed by atoms with van der Waals surface area (Å²) in [5, 5.41) is 3.56. The monoisotopic (exact) mass is 234 g/mol. The van der Waals surface area contributed by atoms with Gasteiger partial charge in [-0.1, -0.05) is 25.1 Å². The van der Waals surface area contributed by atoms with Crippen molar-refractivity contribution in [3.05, 3.63) is 29.8 Å². The number of nitrogens with zero attached hydrogens (tertiary/aromatic N) is 1. The molecule has 0 aromatic heterocycles. The molecular formula is C15H26N2. The summed E-state index contributed by atoms with van der Waals surface area (Å²) in [6.07, 6.45) is 1.17. The largest absolute Gasteiger partial charge is 0.372 e. The zero-order valence-electron chi connectivity index (χ0n) is 11.8. The summed E-state index contributed by atoms with van der Waals surface area (Å²) in [4.78, 5) is 2.33. The second-order valence-corrected chi connectivity index (χ2v) is 4.94. The second-order valence-electron chi connectivity index (χ2n) is 4.94. The number of hydrogen-bond donors (Lipinski definition) is 1. The molecule has 17 heavy (non-hydrogen) atoms. The van der Waals surface area contributed by atoms with Crippen molar-refractivity contribution in [2.75, 3.05) is 18.5 Å². The van der Waals surface area contributed by atoms with Crippen LogP contribution in [0, 0.1) is 0 Å². The van der Waals surface area contributed by atoms with E-state index in [0.717, 1.165) is 6.54 Å². The molecule has 2 nitrogen and oxygen atoms in total. The summed E-state index contributed by atoms with van der Waals surface area (Å²) < 4.78 is 0. The maximum atomic E-state index is 3.56. The molecular weight excluding hydrogens is 208 g/mol. The van der Waals surface area contributed by atoms with Gasteiger partial charge in [-0.15, -0.1) is 0 Å². The third-order valence-electron chi connectivity index (χ3n) is 3.26. The van der Waals surface area contributed by atoms with Gasteiger partial charge in [-0.2, -0.15) is 0 Å². The van der Waals surface area contributed by atoms with Gasteiger partial charge in [-0.3, -0.25) is 0 Å². The molecule has 0 fully saturated rings. The minimum atomic E-state index is 0.410. The molecule has 1 unspecified atom stereocenters. The third kappa shape index (κ3) is 3.74. The van der Waals surface area contributed by atoms with Crippen LogP contribution < -0.4 is 10.2 Å². The van der Waals surface area contributed by atoms with Crippen LogP contribution in [0.1, 0.15) is 45.7 Å². The highest BCUT2D eigenvalue weighted by molar-refractivity contribution is 5.54. The van der Waals surface area contributed by atoms with E-state index in [0.29, 0.717) is 12.1 Å². The minimum Gasteiger partial charge on any atom is -0.372 e. The smallest absolute Gasteiger partial charge is 0.0414 e. The second kappa shape index (κ2) is 6.65. The number of anilines is 1. The first-order valence-corrected chi connectivity index (χ1v) is 6.63. The van der Waals surface area contributed by atoms with Gasteiger partial charge in [0, 0.05) is 24.8 Å². The molecule has 1 atom stereocenters. The number of para-hydroxylation sites is 1. The SMILES string of the molecule is CCCNC(C)c1ccccc1N(C)C(C)C.